The first-order valence-corrected chi connectivity index (χ1v) is 7.99. The van der Waals surface area contributed by atoms with E-state index >= 15 is 0 Å². The van der Waals surface area contributed by atoms with Gasteiger partial charge in [-0.25, -0.2) is 6.57 Å². The van der Waals surface area contributed by atoms with E-state index in [9.17, 15) is 4.79 Å². The minimum absolute atomic E-state index is 0.249. The predicted molar refractivity (Wildman–Crippen MR) is 98.7 cm³/mol. The second-order valence-electron chi connectivity index (χ2n) is 5.84. The van der Waals surface area contributed by atoms with E-state index in [1.165, 1.54) is 5.56 Å². The highest BCUT2D eigenvalue weighted by atomic mass is 16.1. The second-order valence-corrected chi connectivity index (χ2v) is 5.84. The van der Waals surface area contributed by atoms with Crippen molar-refractivity contribution >= 4 is 17.4 Å². The fourth-order valence-corrected chi connectivity index (χ4v) is 3.10. The number of amides is 1. The summed E-state index contributed by atoms with van der Waals surface area (Å²) >= 11 is 0. The van der Waals surface area contributed by atoms with Crippen LogP contribution in [0.1, 0.15) is 39.0 Å². The molecule has 0 unspecified atom stereocenters. The standard InChI is InChI=1S/C20H18N4O/c1-23-12-15-5-2-3-7-16(15)17-8-4-6-13-9-10-14(11-18(13)17)19(25)24-20(21)22/h2-3,5,7-11H,4,6,12H2,(H4,21,22,24,25). The Morgan fingerprint density at radius 3 is 2.72 bits per heavy atom. The molecule has 124 valence electrons. The Balaban J connectivity index is 2.09. The molecule has 0 atom stereocenters. The van der Waals surface area contributed by atoms with Crippen molar-refractivity contribution in [1.82, 2.24) is 0 Å². The number of nitrogens with zero attached hydrogens (tertiary/aromatic N) is 2. The molecule has 1 aliphatic carbocycles. The van der Waals surface area contributed by atoms with Crippen molar-refractivity contribution in [2.75, 3.05) is 0 Å². The average molecular weight is 330 g/mol. The highest BCUT2D eigenvalue weighted by Gasteiger charge is 2.19. The van der Waals surface area contributed by atoms with E-state index in [1.807, 2.05) is 36.4 Å². The van der Waals surface area contributed by atoms with Crippen LogP contribution in [0.2, 0.25) is 0 Å². The molecule has 0 radical (unpaired) electrons. The fraction of sp³-hybridized carbons (Fsp3) is 0.150. The summed E-state index contributed by atoms with van der Waals surface area (Å²) in [5, 5.41) is 0. The maximum Gasteiger partial charge on any atom is 0.280 e. The van der Waals surface area contributed by atoms with E-state index in [2.05, 4.69) is 15.9 Å². The number of benzene rings is 2. The summed E-state index contributed by atoms with van der Waals surface area (Å²) in [6, 6.07) is 13.4. The number of aliphatic imine (C=N–C) groups is 1. The first-order valence-electron chi connectivity index (χ1n) is 7.99. The summed E-state index contributed by atoms with van der Waals surface area (Å²) in [7, 11) is 0. The molecule has 0 aliphatic heterocycles. The summed E-state index contributed by atoms with van der Waals surface area (Å²) in [6.07, 6.45) is 4.01. The molecule has 0 fully saturated rings. The van der Waals surface area contributed by atoms with Crippen molar-refractivity contribution in [3.63, 3.8) is 0 Å². The molecule has 4 N–H and O–H groups in total. The summed E-state index contributed by atoms with van der Waals surface area (Å²) in [4.78, 5) is 19.3. The third-order valence-corrected chi connectivity index (χ3v) is 4.20. The van der Waals surface area contributed by atoms with Gasteiger partial charge in [0.15, 0.2) is 5.96 Å². The Morgan fingerprint density at radius 2 is 1.96 bits per heavy atom. The fourth-order valence-electron chi connectivity index (χ4n) is 3.10. The first kappa shape index (κ1) is 16.5. The van der Waals surface area contributed by atoms with E-state index in [0.29, 0.717) is 12.1 Å². The zero-order chi connectivity index (χ0) is 17.8. The van der Waals surface area contributed by atoms with Crippen LogP contribution in [0.3, 0.4) is 0 Å². The number of allylic oxidation sites excluding steroid dienone is 1. The maximum atomic E-state index is 12.1. The number of fused-ring (bicyclic) bond motifs is 1. The molecule has 0 heterocycles. The van der Waals surface area contributed by atoms with Crippen molar-refractivity contribution in [3.8, 4) is 0 Å². The molecule has 1 amide bonds. The largest absolute Gasteiger partial charge is 0.370 e. The first-order chi connectivity index (χ1) is 12.1. The number of carbonyl (C=O) groups excluding carboxylic acids is 1. The SMILES string of the molecule is [C-]#[N+]Cc1ccccc1C1=CCCc2ccc(C(=O)N=C(N)N)cc21. The van der Waals surface area contributed by atoms with Gasteiger partial charge in [-0.3, -0.25) is 4.79 Å². The predicted octanol–water partition coefficient (Wildman–Crippen LogP) is 2.90. The molecule has 5 heteroatoms. The molecule has 2 aromatic carbocycles. The lowest BCUT2D eigenvalue weighted by Gasteiger charge is -2.20. The van der Waals surface area contributed by atoms with Crippen LogP contribution in [0, 0.1) is 6.57 Å². The Labute approximate surface area is 146 Å². The number of hydrogen-bond acceptors (Lipinski definition) is 1. The second kappa shape index (κ2) is 7.02. The number of hydrogen-bond donors (Lipinski definition) is 2. The maximum absolute atomic E-state index is 12.1. The van der Waals surface area contributed by atoms with Crippen molar-refractivity contribution in [1.29, 1.82) is 0 Å². The van der Waals surface area contributed by atoms with Crippen LogP contribution in [-0.4, -0.2) is 11.9 Å². The van der Waals surface area contributed by atoms with Gasteiger partial charge in [0.25, 0.3) is 5.91 Å². The molecule has 0 saturated carbocycles. The van der Waals surface area contributed by atoms with Gasteiger partial charge in [-0.15, -0.1) is 0 Å². The van der Waals surface area contributed by atoms with E-state index in [0.717, 1.165) is 35.1 Å². The summed E-state index contributed by atoms with van der Waals surface area (Å²) in [5.41, 5.74) is 16.3. The number of guanidine groups is 1. The van der Waals surface area contributed by atoms with Crippen LogP contribution in [0.25, 0.3) is 10.4 Å². The number of nitrogens with two attached hydrogens (primary N) is 2. The van der Waals surface area contributed by atoms with E-state index < -0.39 is 5.91 Å². The smallest absolute Gasteiger partial charge is 0.280 e. The van der Waals surface area contributed by atoms with Crippen LogP contribution in [-0.2, 0) is 13.0 Å². The van der Waals surface area contributed by atoms with Gasteiger partial charge in [0.05, 0.1) is 0 Å². The Bertz CT molecular complexity index is 931. The van der Waals surface area contributed by atoms with Crippen LogP contribution < -0.4 is 11.5 Å². The van der Waals surface area contributed by atoms with Crippen molar-refractivity contribution in [2.45, 2.75) is 19.4 Å². The zero-order valence-corrected chi connectivity index (χ0v) is 13.7. The Morgan fingerprint density at radius 1 is 1.16 bits per heavy atom. The van der Waals surface area contributed by atoms with Crippen LogP contribution in [0.5, 0.6) is 0 Å². The highest BCUT2D eigenvalue weighted by molar-refractivity contribution is 6.02. The van der Waals surface area contributed by atoms with Gasteiger partial charge in [-0.05, 0) is 47.2 Å². The van der Waals surface area contributed by atoms with Crippen molar-refractivity contribution < 1.29 is 4.79 Å². The van der Waals surface area contributed by atoms with Crippen molar-refractivity contribution in [2.24, 2.45) is 16.5 Å². The minimum atomic E-state index is -0.456. The van der Waals surface area contributed by atoms with Crippen molar-refractivity contribution in [3.05, 3.63) is 87.8 Å². The molecule has 0 saturated heterocycles. The third-order valence-electron chi connectivity index (χ3n) is 4.20. The van der Waals surface area contributed by atoms with Crippen LogP contribution >= 0.6 is 0 Å². The molecular formula is C20H18N4O. The van der Waals surface area contributed by atoms with Gasteiger partial charge in [-0.2, -0.15) is 4.99 Å². The van der Waals surface area contributed by atoms with E-state index in [-0.39, 0.29) is 5.96 Å². The van der Waals surface area contributed by atoms with Gasteiger partial charge in [0.2, 0.25) is 6.54 Å². The summed E-state index contributed by atoms with van der Waals surface area (Å²) in [6.45, 7) is 7.50. The molecule has 0 spiro atoms. The van der Waals surface area contributed by atoms with Crippen LogP contribution in [0.15, 0.2) is 53.5 Å². The summed E-state index contributed by atoms with van der Waals surface area (Å²) < 4.78 is 0. The highest BCUT2D eigenvalue weighted by Crippen LogP contribution is 2.34. The van der Waals surface area contributed by atoms with Gasteiger partial charge < -0.3 is 16.3 Å². The van der Waals surface area contributed by atoms with Gasteiger partial charge >= 0.3 is 0 Å². The van der Waals surface area contributed by atoms with Gasteiger partial charge in [0.1, 0.15) is 0 Å². The normalized spacial score (nSPS) is 12.5. The molecular weight excluding hydrogens is 312 g/mol. The van der Waals surface area contributed by atoms with E-state index in [4.69, 9.17) is 18.0 Å². The average Bonchev–Trinajstić information content (AvgIpc) is 2.61. The quantitative estimate of drug-likeness (QED) is 0.515. The minimum Gasteiger partial charge on any atom is -0.370 e. The van der Waals surface area contributed by atoms with Crippen LogP contribution in [0.4, 0.5) is 0 Å². The van der Waals surface area contributed by atoms with E-state index in [1.54, 1.807) is 6.07 Å². The molecule has 0 aromatic heterocycles. The van der Waals surface area contributed by atoms with Gasteiger partial charge in [0, 0.05) is 11.1 Å². The third kappa shape index (κ3) is 3.43. The lowest BCUT2D eigenvalue weighted by molar-refractivity contribution is 0.100. The number of aryl methyl sites for hydroxylation is 1. The molecule has 25 heavy (non-hydrogen) atoms. The molecule has 1 aliphatic rings. The monoisotopic (exact) mass is 330 g/mol. The Kier molecular flexibility index (Phi) is 4.62. The lowest BCUT2D eigenvalue weighted by atomic mass is 9.84. The molecule has 2 aromatic rings. The molecule has 5 nitrogen and oxygen atoms in total. The molecule has 3 rings (SSSR count). The summed E-state index contributed by atoms with van der Waals surface area (Å²) in [5.74, 6) is -0.706. The molecule has 0 bridgehead atoms. The van der Waals surface area contributed by atoms with Gasteiger partial charge in [-0.1, -0.05) is 36.4 Å². The topological polar surface area (TPSA) is 85.8 Å². The Hall–Kier alpha value is -3.39. The zero-order valence-electron chi connectivity index (χ0n) is 13.7. The lowest BCUT2D eigenvalue weighted by Crippen LogP contribution is -2.24. The number of rotatable bonds is 3. The number of carbonyl (C=O) groups is 1.